The second kappa shape index (κ2) is 7.93. The topological polar surface area (TPSA) is 84.9 Å². The number of hydrogen-bond acceptors (Lipinski definition) is 5. The van der Waals surface area contributed by atoms with Gasteiger partial charge < -0.3 is 19.7 Å². The van der Waals surface area contributed by atoms with Gasteiger partial charge in [0.25, 0.3) is 11.8 Å². The standard InChI is InChI=1S/C24H23FN2O5/c1-13-23(29)26-18-11-15(2-4-20(18)31-13)22(28)14-6-8-27(9-7-14)24(30)21-12-16-10-17(25)3-5-19(16)32-21/h2-5,10-11,13-14,21H,6-9,12H2,1H3,(H,26,29). The Kier molecular flexibility index (Phi) is 5.07. The molecular weight excluding hydrogens is 415 g/mol. The Labute approximate surface area is 184 Å². The molecule has 3 aliphatic heterocycles. The summed E-state index contributed by atoms with van der Waals surface area (Å²) in [5, 5.41) is 2.77. The van der Waals surface area contributed by atoms with Crippen molar-refractivity contribution in [1.29, 1.82) is 0 Å². The molecule has 2 unspecified atom stereocenters. The van der Waals surface area contributed by atoms with Gasteiger partial charge in [-0.2, -0.15) is 0 Å². The van der Waals surface area contributed by atoms with E-state index in [0.29, 0.717) is 60.7 Å². The van der Waals surface area contributed by atoms with Crippen molar-refractivity contribution in [3.05, 3.63) is 53.3 Å². The highest BCUT2D eigenvalue weighted by atomic mass is 19.1. The monoisotopic (exact) mass is 438 g/mol. The van der Waals surface area contributed by atoms with Crippen LogP contribution in [0.25, 0.3) is 0 Å². The third-order valence-corrected chi connectivity index (χ3v) is 6.34. The molecule has 1 saturated heterocycles. The summed E-state index contributed by atoms with van der Waals surface area (Å²) in [4.78, 5) is 39.5. The fraction of sp³-hybridized carbons (Fsp3) is 0.375. The Morgan fingerprint density at radius 3 is 2.59 bits per heavy atom. The summed E-state index contributed by atoms with van der Waals surface area (Å²) in [7, 11) is 0. The number of carbonyl (C=O) groups excluding carboxylic acids is 3. The van der Waals surface area contributed by atoms with E-state index >= 15 is 0 Å². The Hall–Kier alpha value is -3.42. The van der Waals surface area contributed by atoms with E-state index in [1.54, 1.807) is 36.1 Å². The van der Waals surface area contributed by atoms with Gasteiger partial charge in [-0.15, -0.1) is 0 Å². The van der Waals surface area contributed by atoms with Crippen LogP contribution in [0.15, 0.2) is 36.4 Å². The smallest absolute Gasteiger partial charge is 0.265 e. The number of ether oxygens (including phenoxy) is 2. The summed E-state index contributed by atoms with van der Waals surface area (Å²) < 4.78 is 24.7. The van der Waals surface area contributed by atoms with Crippen LogP contribution in [0.5, 0.6) is 11.5 Å². The van der Waals surface area contributed by atoms with E-state index in [2.05, 4.69) is 5.32 Å². The molecule has 8 heteroatoms. The second-order valence-electron chi connectivity index (χ2n) is 8.49. The molecule has 7 nitrogen and oxygen atoms in total. The first-order valence-corrected chi connectivity index (χ1v) is 10.8. The van der Waals surface area contributed by atoms with Gasteiger partial charge in [0, 0.05) is 36.6 Å². The van der Waals surface area contributed by atoms with Gasteiger partial charge in [-0.3, -0.25) is 14.4 Å². The van der Waals surface area contributed by atoms with Crippen molar-refractivity contribution in [3.63, 3.8) is 0 Å². The van der Waals surface area contributed by atoms with Crippen molar-refractivity contribution in [1.82, 2.24) is 4.90 Å². The molecule has 2 atom stereocenters. The SMILES string of the molecule is CC1Oc2ccc(C(=O)C3CCN(C(=O)C4Cc5cc(F)ccc5O4)CC3)cc2NC1=O. The fourth-order valence-electron chi connectivity index (χ4n) is 4.52. The average Bonchev–Trinajstić information content (AvgIpc) is 3.22. The number of nitrogens with zero attached hydrogens (tertiary/aromatic N) is 1. The molecule has 5 rings (SSSR count). The molecule has 0 saturated carbocycles. The first kappa shape index (κ1) is 20.5. The molecule has 1 N–H and O–H groups in total. The number of ketones is 1. The summed E-state index contributed by atoms with van der Waals surface area (Å²) in [5.74, 6) is 0.171. The minimum absolute atomic E-state index is 0.00670. The average molecular weight is 438 g/mol. The second-order valence-corrected chi connectivity index (χ2v) is 8.49. The van der Waals surface area contributed by atoms with Crippen LogP contribution in [0.2, 0.25) is 0 Å². The van der Waals surface area contributed by atoms with Gasteiger partial charge in [0.2, 0.25) is 0 Å². The van der Waals surface area contributed by atoms with E-state index < -0.39 is 12.2 Å². The van der Waals surface area contributed by atoms with Crippen LogP contribution in [0, 0.1) is 11.7 Å². The summed E-state index contributed by atoms with van der Waals surface area (Å²) in [6.07, 6.45) is 0.241. The number of fused-ring (bicyclic) bond motifs is 2. The zero-order valence-electron chi connectivity index (χ0n) is 17.6. The molecule has 3 aliphatic rings. The molecule has 0 spiro atoms. The largest absolute Gasteiger partial charge is 0.480 e. The maximum Gasteiger partial charge on any atom is 0.265 e. The number of amides is 2. The predicted molar refractivity (Wildman–Crippen MR) is 113 cm³/mol. The van der Waals surface area contributed by atoms with Crippen LogP contribution >= 0.6 is 0 Å². The molecule has 2 aromatic rings. The van der Waals surface area contributed by atoms with Crippen LogP contribution in [-0.2, 0) is 16.0 Å². The van der Waals surface area contributed by atoms with Gasteiger partial charge in [0.05, 0.1) is 5.69 Å². The normalized spacial score (nSPS) is 22.3. The predicted octanol–water partition coefficient (Wildman–Crippen LogP) is 2.97. The number of rotatable bonds is 3. The number of hydrogen-bond donors (Lipinski definition) is 1. The van der Waals surface area contributed by atoms with Gasteiger partial charge in [0.1, 0.15) is 17.3 Å². The van der Waals surface area contributed by atoms with Crippen LogP contribution in [0.4, 0.5) is 10.1 Å². The van der Waals surface area contributed by atoms with E-state index in [1.165, 1.54) is 12.1 Å². The van der Waals surface area contributed by atoms with Gasteiger partial charge >= 0.3 is 0 Å². The lowest BCUT2D eigenvalue weighted by Crippen LogP contribution is -2.46. The van der Waals surface area contributed by atoms with E-state index in [9.17, 15) is 18.8 Å². The van der Waals surface area contributed by atoms with Crippen molar-refractivity contribution in [2.45, 2.75) is 38.4 Å². The molecule has 0 aromatic heterocycles. The first-order chi connectivity index (χ1) is 15.4. The Bertz CT molecular complexity index is 1110. The summed E-state index contributed by atoms with van der Waals surface area (Å²) >= 11 is 0. The van der Waals surface area contributed by atoms with E-state index in [0.717, 1.165) is 0 Å². The number of Topliss-reactive ketones (excluding diaryl/α,β-unsaturated/α-hetero) is 1. The summed E-state index contributed by atoms with van der Waals surface area (Å²) in [6, 6.07) is 9.35. The number of nitrogens with one attached hydrogen (secondary N) is 1. The number of anilines is 1. The Balaban J connectivity index is 1.20. The van der Waals surface area contributed by atoms with E-state index in [-0.39, 0.29) is 29.3 Å². The maximum atomic E-state index is 13.4. The Morgan fingerprint density at radius 1 is 1.06 bits per heavy atom. The van der Waals surface area contributed by atoms with Crippen molar-refractivity contribution < 1.29 is 28.2 Å². The zero-order valence-corrected chi connectivity index (χ0v) is 17.6. The highest BCUT2D eigenvalue weighted by Gasteiger charge is 2.36. The lowest BCUT2D eigenvalue weighted by atomic mass is 9.88. The van der Waals surface area contributed by atoms with Crippen LogP contribution < -0.4 is 14.8 Å². The van der Waals surface area contributed by atoms with Gasteiger partial charge in [-0.1, -0.05) is 0 Å². The third-order valence-electron chi connectivity index (χ3n) is 6.34. The number of carbonyl (C=O) groups is 3. The Morgan fingerprint density at radius 2 is 1.81 bits per heavy atom. The van der Waals surface area contributed by atoms with Gasteiger partial charge in [-0.25, -0.2) is 4.39 Å². The number of benzene rings is 2. The molecule has 166 valence electrons. The van der Waals surface area contributed by atoms with Crippen molar-refractivity contribution in [2.75, 3.05) is 18.4 Å². The van der Waals surface area contributed by atoms with Crippen LogP contribution in [0.3, 0.4) is 0 Å². The molecular formula is C24H23FN2O5. The highest BCUT2D eigenvalue weighted by Crippen LogP contribution is 2.33. The molecule has 32 heavy (non-hydrogen) atoms. The molecule has 2 aromatic carbocycles. The lowest BCUT2D eigenvalue weighted by Gasteiger charge is -2.33. The molecule has 0 aliphatic carbocycles. The molecule has 3 heterocycles. The zero-order chi connectivity index (χ0) is 22.4. The van der Waals surface area contributed by atoms with Crippen LogP contribution in [0.1, 0.15) is 35.7 Å². The highest BCUT2D eigenvalue weighted by molar-refractivity contribution is 6.02. The molecule has 1 fully saturated rings. The van der Waals surface area contributed by atoms with E-state index in [4.69, 9.17) is 9.47 Å². The van der Waals surface area contributed by atoms with Crippen molar-refractivity contribution in [3.8, 4) is 11.5 Å². The summed E-state index contributed by atoms with van der Waals surface area (Å²) in [6.45, 7) is 2.59. The number of piperidine rings is 1. The minimum atomic E-state index is -0.647. The number of halogens is 1. The minimum Gasteiger partial charge on any atom is -0.480 e. The number of likely N-dealkylation sites (tertiary alicyclic amines) is 1. The third kappa shape index (κ3) is 3.70. The van der Waals surface area contributed by atoms with Gasteiger partial charge in [0.15, 0.2) is 18.0 Å². The lowest BCUT2D eigenvalue weighted by molar-refractivity contribution is -0.139. The fourth-order valence-corrected chi connectivity index (χ4v) is 4.52. The first-order valence-electron chi connectivity index (χ1n) is 10.8. The van der Waals surface area contributed by atoms with E-state index in [1.807, 2.05) is 0 Å². The summed E-state index contributed by atoms with van der Waals surface area (Å²) in [5.41, 5.74) is 1.72. The molecule has 2 amide bonds. The molecule has 0 radical (unpaired) electrons. The van der Waals surface area contributed by atoms with Crippen LogP contribution in [-0.4, -0.2) is 47.8 Å². The molecule has 0 bridgehead atoms. The maximum absolute atomic E-state index is 13.4. The van der Waals surface area contributed by atoms with Crippen molar-refractivity contribution in [2.24, 2.45) is 5.92 Å². The van der Waals surface area contributed by atoms with Crippen molar-refractivity contribution >= 4 is 23.3 Å². The van der Waals surface area contributed by atoms with Gasteiger partial charge in [-0.05, 0) is 56.2 Å². The quantitative estimate of drug-likeness (QED) is 0.745.